The SMILES string of the molecule is Cc1ccc(C(=O)O)c([C@@H](N)CN)c1O. The Morgan fingerprint density at radius 1 is 1.53 bits per heavy atom. The van der Waals surface area contributed by atoms with Crippen LogP contribution in [0.5, 0.6) is 5.75 Å². The highest BCUT2D eigenvalue weighted by Crippen LogP contribution is 2.29. The molecule has 15 heavy (non-hydrogen) atoms. The number of carboxylic acid groups (broad SMARTS) is 1. The van der Waals surface area contributed by atoms with Crippen LogP contribution < -0.4 is 11.5 Å². The van der Waals surface area contributed by atoms with Gasteiger partial charge in [-0.25, -0.2) is 4.79 Å². The van der Waals surface area contributed by atoms with Crippen LogP contribution in [0.15, 0.2) is 12.1 Å². The molecule has 0 radical (unpaired) electrons. The van der Waals surface area contributed by atoms with Crippen molar-refractivity contribution in [1.29, 1.82) is 0 Å². The number of rotatable bonds is 3. The third kappa shape index (κ3) is 2.08. The van der Waals surface area contributed by atoms with Gasteiger partial charge in [0.05, 0.1) is 5.56 Å². The maximum absolute atomic E-state index is 10.9. The lowest BCUT2D eigenvalue weighted by Gasteiger charge is -2.15. The molecule has 5 heteroatoms. The minimum absolute atomic E-state index is 0.00366. The van der Waals surface area contributed by atoms with Gasteiger partial charge in [-0.2, -0.15) is 0 Å². The van der Waals surface area contributed by atoms with Crippen LogP contribution in [0, 0.1) is 6.92 Å². The van der Waals surface area contributed by atoms with E-state index in [1.165, 1.54) is 12.1 Å². The lowest BCUT2D eigenvalue weighted by molar-refractivity contribution is 0.0694. The van der Waals surface area contributed by atoms with E-state index >= 15 is 0 Å². The van der Waals surface area contributed by atoms with Crippen LogP contribution >= 0.6 is 0 Å². The first-order valence-corrected chi connectivity index (χ1v) is 4.50. The summed E-state index contributed by atoms with van der Waals surface area (Å²) in [6.45, 7) is 1.75. The van der Waals surface area contributed by atoms with Crippen LogP contribution in [-0.4, -0.2) is 22.7 Å². The van der Waals surface area contributed by atoms with Crippen LogP contribution in [0.4, 0.5) is 0 Å². The van der Waals surface area contributed by atoms with E-state index in [1.807, 2.05) is 0 Å². The normalized spacial score (nSPS) is 12.5. The molecular formula is C10H14N2O3. The number of carboxylic acids is 1. The molecule has 0 spiro atoms. The Morgan fingerprint density at radius 2 is 2.13 bits per heavy atom. The van der Waals surface area contributed by atoms with Crippen LogP contribution in [0.2, 0.25) is 0 Å². The maximum Gasteiger partial charge on any atom is 0.336 e. The van der Waals surface area contributed by atoms with Gasteiger partial charge in [0.2, 0.25) is 0 Å². The van der Waals surface area contributed by atoms with Crippen molar-refractivity contribution in [3.05, 3.63) is 28.8 Å². The second kappa shape index (κ2) is 4.29. The molecule has 1 aromatic rings. The van der Waals surface area contributed by atoms with Crippen molar-refractivity contribution in [2.24, 2.45) is 11.5 Å². The van der Waals surface area contributed by atoms with Gasteiger partial charge in [0.25, 0.3) is 0 Å². The Hall–Kier alpha value is -1.59. The number of aromatic carboxylic acids is 1. The van der Waals surface area contributed by atoms with Crippen LogP contribution in [0.3, 0.4) is 0 Å². The fraction of sp³-hybridized carbons (Fsp3) is 0.300. The zero-order chi connectivity index (χ0) is 11.6. The molecule has 0 saturated heterocycles. The molecule has 0 aromatic heterocycles. The predicted octanol–water partition coefficient (Wildman–Crippen LogP) is 0.357. The largest absolute Gasteiger partial charge is 0.507 e. The van der Waals surface area contributed by atoms with Crippen molar-refractivity contribution >= 4 is 5.97 Å². The molecule has 0 unspecified atom stereocenters. The molecule has 1 aromatic carbocycles. The zero-order valence-electron chi connectivity index (χ0n) is 8.40. The van der Waals surface area contributed by atoms with Crippen molar-refractivity contribution in [1.82, 2.24) is 0 Å². The summed E-state index contributed by atoms with van der Waals surface area (Å²) in [6.07, 6.45) is 0. The number of phenols is 1. The standard InChI is InChI=1S/C10H14N2O3/c1-5-2-3-6(10(14)15)8(9(5)13)7(12)4-11/h2-3,7,13H,4,11-12H2,1H3,(H,14,15)/t7-/m0/s1. The smallest absolute Gasteiger partial charge is 0.336 e. The molecule has 0 aliphatic carbocycles. The van der Waals surface area contributed by atoms with Crippen molar-refractivity contribution < 1.29 is 15.0 Å². The Bertz CT molecular complexity index is 390. The fourth-order valence-electron chi connectivity index (χ4n) is 1.40. The summed E-state index contributed by atoms with van der Waals surface area (Å²) >= 11 is 0. The van der Waals surface area contributed by atoms with E-state index in [0.717, 1.165) is 0 Å². The van der Waals surface area contributed by atoms with Crippen LogP contribution in [-0.2, 0) is 0 Å². The summed E-state index contributed by atoms with van der Waals surface area (Å²) < 4.78 is 0. The molecule has 0 aliphatic heterocycles. The van der Waals surface area contributed by atoms with E-state index < -0.39 is 12.0 Å². The van der Waals surface area contributed by atoms with Gasteiger partial charge >= 0.3 is 5.97 Å². The summed E-state index contributed by atoms with van der Waals surface area (Å²) in [4.78, 5) is 10.9. The number of benzene rings is 1. The van der Waals surface area contributed by atoms with E-state index in [4.69, 9.17) is 16.6 Å². The van der Waals surface area contributed by atoms with E-state index in [9.17, 15) is 9.90 Å². The van der Waals surface area contributed by atoms with Gasteiger partial charge in [0.15, 0.2) is 0 Å². The predicted molar refractivity (Wildman–Crippen MR) is 55.8 cm³/mol. The molecule has 5 nitrogen and oxygen atoms in total. The Morgan fingerprint density at radius 3 is 2.60 bits per heavy atom. The first-order chi connectivity index (χ1) is 6.99. The number of carbonyl (C=O) groups is 1. The minimum Gasteiger partial charge on any atom is -0.507 e. The van der Waals surface area contributed by atoms with E-state index in [2.05, 4.69) is 0 Å². The maximum atomic E-state index is 10.9. The summed E-state index contributed by atoms with van der Waals surface area (Å²) in [5.74, 6) is -1.21. The number of aryl methyl sites for hydroxylation is 1. The van der Waals surface area contributed by atoms with Gasteiger partial charge in [-0.3, -0.25) is 0 Å². The first-order valence-electron chi connectivity index (χ1n) is 4.50. The summed E-state index contributed by atoms with van der Waals surface area (Å²) in [7, 11) is 0. The number of hydrogen-bond acceptors (Lipinski definition) is 4. The Kier molecular flexibility index (Phi) is 3.28. The molecule has 0 saturated carbocycles. The van der Waals surface area contributed by atoms with Crippen molar-refractivity contribution in [2.45, 2.75) is 13.0 Å². The van der Waals surface area contributed by atoms with Crippen LogP contribution in [0.25, 0.3) is 0 Å². The molecule has 0 heterocycles. The quantitative estimate of drug-likeness (QED) is 0.575. The van der Waals surface area contributed by atoms with E-state index in [-0.39, 0.29) is 23.4 Å². The number of nitrogens with two attached hydrogens (primary N) is 2. The number of phenolic OH excluding ortho intramolecular Hbond substituents is 1. The van der Waals surface area contributed by atoms with Gasteiger partial charge in [0.1, 0.15) is 5.75 Å². The second-order valence-electron chi connectivity index (χ2n) is 3.34. The van der Waals surface area contributed by atoms with E-state index in [1.54, 1.807) is 6.92 Å². The zero-order valence-corrected chi connectivity index (χ0v) is 8.40. The lowest BCUT2D eigenvalue weighted by Crippen LogP contribution is -2.23. The topological polar surface area (TPSA) is 110 Å². The molecule has 6 N–H and O–H groups in total. The molecular weight excluding hydrogens is 196 g/mol. The molecule has 1 atom stereocenters. The van der Waals surface area contributed by atoms with Gasteiger partial charge in [-0.15, -0.1) is 0 Å². The van der Waals surface area contributed by atoms with Gasteiger partial charge in [-0.05, 0) is 18.6 Å². The number of aromatic hydroxyl groups is 1. The third-order valence-corrected chi connectivity index (χ3v) is 2.27. The number of hydrogen-bond donors (Lipinski definition) is 4. The molecule has 0 bridgehead atoms. The average molecular weight is 210 g/mol. The fourth-order valence-corrected chi connectivity index (χ4v) is 1.40. The average Bonchev–Trinajstić information content (AvgIpc) is 2.20. The summed E-state index contributed by atoms with van der Waals surface area (Å²) in [5.41, 5.74) is 11.8. The summed E-state index contributed by atoms with van der Waals surface area (Å²) in [6, 6.07) is 2.28. The van der Waals surface area contributed by atoms with Gasteiger partial charge in [0, 0.05) is 18.2 Å². The first kappa shape index (κ1) is 11.5. The lowest BCUT2D eigenvalue weighted by atomic mass is 9.97. The highest BCUT2D eigenvalue weighted by Gasteiger charge is 2.20. The molecule has 82 valence electrons. The Balaban J connectivity index is 3.41. The highest BCUT2D eigenvalue weighted by molar-refractivity contribution is 5.90. The van der Waals surface area contributed by atoms with Crippen molar-refractivity contribution in [3.63, 3.8) is 0 Å². The summed E-state index contributed by atoms with van der Waals surface area (Å²) in [5, 5.41) is 18.6. The van der Waals surface area contributed by atoms with Crippen molar-refractivity contribution in [3.8, 4) is 5.75 Å². The Labute approximate surface area is 87.3 Å². The van der Waals surface area contributed by atoms with Gasteiger partial charge in [-0.1, -0.05) is 6.07 Å². The third-order valence-electron chi connectivity index (χ3n) is 2.27. The van der Waals surface area contributed by atoms with Crippen LogP contribution in [0.1, 0.15) is 27.5 Å². The monoisotopic (exact) mass is 210 g/mol. The van der Waals surface area contributed by atoms with Gasteiger partial charge < -0.3 is 21.7 Å². The van der Waals surface area contributed by atoms with E-state index in [0.29, 0.717) is 5.56 Å². The second-order valence-corrected chi connectivity index (χ2v) is 3.34. The molecule has 0 amide bonds. The molecule has 0 fully saturated rings. The molecule has 1 rings (SSSR count). The van der Waals surface area contributed by atoms with Crippen molar-refractivity contribution in [2.75, 3.05) is 6.54 Å². The molecule has 0 aliphatic rings. The minimum atomic E-state index is -1.12. The highest BCUT2D eigenvalue weighted by atomic mass is 16.4.